The topological polar surface area (TPSA) is 71.3 Å². The van der Waals surface area contributed by atoms with Crippen LogP contribution in [0.1, 0.15) is 16.7 Å². The number of carbonyl (C=O) groups excluding carboxylic acids is 1. The zero-order valence-corrected chi connectivity index (χ0v) is 19.0. The first-order chi connectivity index (χ1) is 15.4. The summed E-state index contributed by atoms with van der Waals surface area (Å²) in [7, 11) is 1.55. The molecule has 1 N–H and O–H groups in total. The average Bonchev–Trinajstić information content (AvgIpc) is 2.79. The van der Waals surface area contributed by atoms with Crippen LogP contribution in [0.2, 0.25) is 10.0 Å². The zero-order chi connectivity index (χ0) is 23.1. The van der Waals surface area contributed by atoms with Gasteiger partial charge in [-0.05, 0) is 60.5 Å². The molecule has 0 atom stereocenters. The van der Waals surface area contributed by atoms with Crippen molar-refractivity contribution in [2.24, 2.45) is 0 Å². The highest BCUT2D eigenvalue weighted by atomic mass is 35.5. The Kier molecular flexibility index (Phi) is 7.77. The van der Waals surface area contributed by atoms with Crippen molar-refractivity contribution in [1.29, 1.82) is 5.26 Å². The van der Waals surface area contributed by atoms with E-state index in [4.69, 9.17) is 32.7 Å². The van der Waals surface area contributed by atoms with E-state index in [-0.39, 0.29) is 12.2 Å². The van der Waals surface area contributed by atoms with Crippen LogP contribution in [0.5, 0.6) is 11.5 Å². The van der Waals surface area contributed by atoms with Crippen molar-refractivity contribution >= 4 is 40.9 Å². The van der Waals surface area contributed by atoms with Gasteiger partial charge in [0.25, 0.3) is 5.91 Å². The zero-order valence-electron chi connectivity index (χ0n) is 17.5. The molecular formula is C25H20Cl2N2O3. The maximum absolute atomic E-state index is 12.7. The summed E-state index contributed by atoms with van der Waals surface area (Å²) in [4.78, 5) is 12.7. The molecule has 7 heteroatoms. The fraction of sp³-hybridized carbons (Fsp3) is 0.120. The third kappa shape index (κ3) is 6.04. The molecule has 3 aromatic rings. The lowest BCUT2D eigenvalue weighted by Gasteiger charge is -2.12. The lowest BCUT2D eigenvalue weighted by molar-refractivity contribution is -0.112. The fourth-order valence-electron chi connectivity index (χ4n) is 2.80. The van der Waals surface area contributed by atoms with Gasteiger partial charge in [-0.15, -0.1) is 0 Å². The molecule has 1 amide bonds. The van der Waals surface area contributed by atoms with E-state index in [2.05, 4.69) is 5.32 Å². The summed E-state index contributed by atoms with van der Waals surface area (Å²) in [5.41, 5.74) is 2.79. The van der Waals surface area contributed by atoms with Crippen LogP contribution in [0, 0.1) is 18.3 Å². The maximum atomic E-state index is 12.7. The molecule has 0 spiro atoms. The van der Waals surface area contributed by atoms with E-state index >= 15 is 0 Å². The molecule has 0 fully saturated rings. The summed E-state index contributed by atoms with van der Waals surface area (Å²) in [6, 6.07) is 19.5. The number of nitrogens with one attached hydrogen (secondary N) is 1. The Morgan fingerprint density at radius 1 is 1.09 bits per heavy atom. The molecule has 0 aliphatic heterocycles. The Bertz CT molecular complexity index is 1200. The van der Waals surface area contributed by atoms with Crippen molar-refractivity contribution in [2.75, 3.05) is 12.4 Å². The van der Waals surface area contributed by atoms with Gasteiger partial charge in [0, 0.05) is 27.4 Å². The minimum absolute atomic E-state index is 0.0804. The van der Waals surface area contributed by atoms with Crippen LogP contribution in [0.15, 0.2) is 66.2 Å². The van der Waals surface area contributed by atoms with Crippen LogP contribution in [0.3, 0.4) is 0 Å². The van der Waals surface area contributed by atoms with Crippen LogP contribution in [-0.4, -0.2) is 13.0 Å². The van der Waals surface area contributed by atoms with Crippen molar-refractivity contribution in [3.05, 3.63) is 93.0 Å². The average molecular weight is 467 g/mol. The standard InChI is InChI=1S/C25H20Cl2N2O3/c1-16-3-9-21(12-23(16)27)29-25(30)19(14-28)11-18-6-10-22(31-2)13-24(18)32-15-17-4-7-20(26)8-5-17/h3-13H,15H2,1-2H3,(H,29,30)/b19-11+. The van der Waals surface area contributed by atoms with E-state index in [0.29, 0.717) is 32.8 Å². The summed E-state index contributed by atoms with van der Waals surface area (Å²) in [5.74, 6) is 0.510. The van der Waals surface area contributed by atoms with Gasteiger partial charge in [0.15, 0.2) is 0 Å². The molecule has 0 aliphatic rings. The second kappa shape index (κ2) is 10.7. The van der Waals surface area contributed by atoms with Crippen molar-refractivity contribution in [3.8, 4) is 17.6 Å². The summed E-state index contributed by atoms with van der Waals surface area (Å²) >= 11 is 12.0. The molecule has 0 bridgehead atoms. The normalized spacial score (nSPS) is 10.9. The number of amides is 1. The number of methoxy groups -OCH3 is 1. The number of nitrogens with zero attached hydrogens (tertiary/aromatic N) is 1. The van der Waals surface area contributed by atoms with Gasteiger partial charge in [0.1, 0.15) is 29.7 Å². The van der Waals surface area contributed by atoms with Gasteiger partial charge in [-0.1, -0.05) is 41.4 Å². The maximum Gasteiger partial charge on any atom is 0.266 e. The number of ether oxygens (including phenoxy) is 2. The number of carbonyl (C=O) groups is 1. The molecule has 0 aromatic heterocycles. The molecule has 0 saturated heterocycles. The molecule has 3 aromatic carbocycles. The van der Waals surface area contributed by atoms with Crippen molar-refractivity contribution in [3.63, 3.8) is 0 Å². The predicted octanol–water partition coefficient (Wildman–Crippen LogP) is 6.44. The largest absolute Gasteiger partial charge is 0.497 e. The first-order valence-electron chi connectivity index (χ1n) is 9.64. The van der Waals surface area contributed by atoms with Gasteiger partial charge in [0.05, 0.1) is 7.11 Å². The highest BCUT2D eigenvalue weighted by molar-refractivity contribution is 6.31. The Balaban J connectivity index is 1.85. The number of nitriles is 1. The van der Waals surface area contributed by atoms with E-state index in [0.717, 1.165) is 11.1 Å². The Hall–Kier alpha value is -3.46. The molecule has 0 radical (unpaired) electrons. The van der Waals surface area contributed by atoms with E-state index in [1.54, 1.807) is 55.6 Å². The minimum atomic E-state index is -0.549. The number of benzene rings is 3. The van der Waals surface area contributed by atoms with E-state index in [1.165, 1.54) is 6.08 Å². The van der Waals surface area contributed by atoms with Gasteiger partial charge in [0.2, 0.25) is 0 Å². The molecule has 0 heterocycles. The second-order valence-corrected chi connectivity index (χ2v) is 7.75. The molecule has 162 valence electrons. The molecule has 5 nitrogen and oxygen atoms in total. The lowest BCUT2D eigenvalue weighted by Crippen LogP contribution is -2.13. The summed E-state index contributed by atoms with van der Waals surface area (Å²) in [6.45, 7) is 2.14. The highest BCUT2D eigenvalue weighted by Gasteiger charge is 2.13. The van der Waals surface area contributed by atoms with E-state index in [9.17, 15) is 10.1 Å². The first-order valence-corrected chi connectivity index (χ1v) is 10.4. The van der Waals surface area contributed by atoms with E-state index in [1.807, 2.05) is 25.1 Å². The van der Waals surface area contributed by atoms with Crippen LogP contribution in [0.4, 0.5) is 5.69 Å². The van der Waals surface area contributed by atoms with Crippen LogP contribution >= 0.6 is 23.2 Å². The smallest absolute Gasteiger partial charge is 0.266 e. The Labute approximate surface area is 196 Å². The quantitative estimate of drug-likeness (QED) is 0.321. The molecule has 3 rings (SSSR count). The van der Waals surface area contributed by atoms with Gasteiger partial charge in [-0.2, -0.15) is 5.26 Å². The number of hydrogen-bond donors (Lipinski definition) is 1. The van der Waals surface area contributed by atoms with Crippen LogP contribution in [-0.2, 0) is 11.4 Å². The Morgan fingerprint density at radius 3 is 2.50 bits per heavy atom. The Morgan fingerprint density at radius 2 is 1.84 bits per heavy atom. The van der Waals surface area contributed by atoms with Gasteiger partial charge in [-0.25, -0.2) is 0 Å². The SMILES string of the molecule is COc1ccc(/C=C(\C#N)C(=O)Nc2ccc(C)c(Cl)c2)c(OCc2ccc(Cl)cc2)c1. The number of aryl methyl sites for hydroxylation is 1. The van der Waals surface area contributed by atoms with Crippen LogP contribution < -0.4 is 14.8 Å². The number of hydrogen-bond acceptors (Lipinski definition) is 4. The monoisotopic (exact) mass is 466 g/mol. The molecular weight excluding hydrogens is 447 g/mol. The second-order valence-electron chi connectivity index (χ2n) is 6.91. The van der Waals surface area contributed by atoms with Gasteiger partial charge < -0.3 is 14.8 Å². The molecule has 0 unspecified atom stereocenters. The fourth-order valence-corrected chi connectivity index (χ4v) is 3.11. The minimum Gasteiger partial charge on any atom is -0.497 e. The highest BCUT2D eigenvalue weighted by Crippen LogP contribution is 2.28. The van der Waals surface area contributed by atoms with Crippen molar-refractivity contribution in [2.45, 2.75) is 13.5 Å². The first kappa shape index (κ1) is 23.2. The third-order valence-corrected chi connectivity index (χ3v) is 5.28. The molecule has 32 heavy (non-hydrogen) atoms. The summed E-state index contributed by atoms with van der Waals surface area (Å²) < 4.78 is 11.2. The van der Waals surface area contributed by atoms with Gasteiger partial charge in [-0.3, -0.25) is 4.79 Å². The summed E-state index contributed by atoms with van der Waals surface area (Å²) in [6.07, 6.45) is 1.47. The molecule has 0 aliphatic carbocycles. The molecule has 0 saturated carbocycles. The van der Waals surface area contributed by atoms with Gasteiger partial charge >= 0.3 is 0 Å². The number of anilines is 1. The van der Waals surface area contributed by atoms with Crippen molar-refractivity contribution < 1.29 is 14.3 Å². The predicted molar refractivity (Wildman–Crippen MR) is 127 cm³/mol. The number of halogens is 2. The van der Waals surface area contributed by atoms with Crippen LogP contribution in [0.25, 0.3) is 6.08 Å². The lowest BCUT2D eigenvalue weighted by atomic mass is 10.1. The van der Waals surface area contributed by atoms with Crippen molar-refractivity contribution in [1.82, 2.24) is 0 Å². The summed E-state index contributed by atoms with van der Waals surface area (Å²) in [5, 5.41) is 13.4. The third-order valence-electron chi connectivity index (χ3n) is 4.62. The number of rotatable bonds is 7. The van der Waals surface area contributed by atoms with E-state index < -0.39 is 5.91 Å².